The predicted molar refractivity (Wildman–Crippen MR) is 75.0 cm³/mol. The van der Waals surface area contributed by atoms with Gasteiger partial charge in [0, 0.05) is 5.41 Å². The number of carbonyl (C=O) groups is 1. The summed E-state index contributed by atoms with van der Waals surface area (Å²) in [6, 6.07) is 9.01. The van der Waals surface area contributed by atoms with Crippen molar-refractivity contribution in [2.45, 2.75) is 20.8 Å². The first kappa shape index (κ1) is 14.1. The van der Waals surface area contributed by atoms with E-state index in [1.165, 1.54) is 0 Å². The maximum absolute atomic E-state index is 11.7. The molecule has 0 radical (unpaired) electrons. The smallest absolute Gasteiger partial charge is 0.231 e. The van der Waals surface area contributed by atoms with Gasteiger partial charge in [-0.05, 0) is 24.4 Å². The van der Waals surface area contributed by atoms with Gasteiger partial charge in [-0.1, -0.05) is 32.9 Å². The average molecular weight is 261 g/mol. The van der Waals surface area contributed by atoms with Crippen LogP contribution in [0.5, 0.6) is 0 Å². The van der Waals surface area contributed by atoms with Crippen LogP contribution in [0, 0.1) is 16.7 Å². The van der Waals surface area contributed by atoms with E-state index in [0.29, 0.717) is 11.3 Å². The number of para-hydroxylation sites is 1. The third-order valence-electron chi connectivity index (χ3n) is 2.20. The molecule has 5 heteroatoms. The summed E-state index contributed by atoms with van der Waals surface area (Å²) in [6.07, 6.45) is 0. The molecule has 1 rings (SSSR count). The zero-order valence-electron chi connectivity index (χ0n) is 10.6. The van der Waals surface area contributed by atoms with Crippen molar-refractivity contribution < 1.29 is 4.79 Å². The quantitative estimate of drug-likeness (QED) is 0.762. The summed E-state index contributed by atoms with van der Waals surface area (Å²) >= 11 is 5.04. The fourth-order valence-corrected chi connectivity index (χ4v) is 1.34. The minimum Gasteiger partial charge on any atom is -0.331 e. The summed E-state index contributed by atoms with van der Waals surface area (Å²) in [5, 5.41) is 14.5. The van der Waals surface area contributed by atoms with Gasteiger partial charge in [-0.25, -0.2) is 0 Å². The van der Waals surface area contributed by atoms with E-state index in [1.54, 1.807) is 45.0 Å². The predicted octanol–water partition coefficient (Wildman–Crippen LogP) is 2.42. The molecule has 18 heavy (non-hydrogen) atoms. The van der Waals surface area contributed by atoms with Crippen molar-refractivity contribution in [2.24, 2.45) is 5.41 Å². The van der Waals surface area contributed by atoms with Crippen molar-refractivity contribution in [3.05, 3.63) is 29.8 Å². The van der Waals surface area contributed by atoms with Gasteiger partial charge in [0.25, 0.3) is 0 Å². The number of hydrogen-bond donors (Lipinski definition) is 2. The Bertz CT molecular complexity index is 512. The first-order valence-corrected chi connectivity index (χ1v) is 5.87. The van der Waals surface area contributed by atoms with Gasteiger partial charge in [0.05, 0.1) is 11.3 Å². The molecule has 0 atom stereocenters. The average Bonchev–Trinajstić information content (AvgIpc) is 2.28. The number of rotatable bonds is 1. The van der Waals surface area contributed by atoms with Gasteiger partial charge < -0.3 is 10.6 Å². The third kappa shape index (κ3) is 3.82. The van der Waals surface area contributed by atoms with Crippen LogP contribution in [0.15, 0.2) is 24.3 Å². The Hall–Kier alpha value is -1.93. The minimum absolute atomic E-state index is 0.172. The molecule has 0 heterocycles. The number of amides is 1. The molecule has 1 amide bonds. The van der Waals surface area contributed by atoms with Crippen LogP contribution in [-0.4, -0.2) is 11.0 Å². The molecule has 0 aliphatic carbocycles. The number of nitriles is 1. The lowest BCUT2D eigenvalue weighted by molar-refractivity contribution is -0.126. The molecule has 0 spiro atoms. The number of benzene rings is 1. The minimum atomic E-state index is -0.513. The molecule has 0 saturated carbocycles. The van der Waals surface area contributed by atoms with Gasteiger partial charge >= 0.3 is 0 Å². The summed E-state index contributed by atoms with van der Waals surface area (Å²) < 4.78 is 0. The van der Waals surface area contributed by atoms with E-state index in [-0.39, 0.29) is 11.0 Å². The number of nitrogens with zero attached hydrogens (tertiary/aromatic N) is 1. The number of anilines is 1. The van der Waals surface area contributed by atoms with E-state index >= 15 is 0 Å². The first-order valence-electron chi connectivity index (χ1n) is 5.46. The van der Waals surface area contributed by atoms with E-state index in [4.69, 9.17) is 17.5 Å². The van der Waals surface area contributed by atoms with Crippen molar-refractivity contribution in [3.8, 4) is 6.07 Å². The Morgan fingerprint density at radius 3 is 2.50 bits per heavy atom. The lowest BCUT2D eigenvalue weighted by Crippen LogP contribution is -2.41. The highest BCUT2D eigenvalue weighted by Gasteiger charge is 2.22. The second kappa shape index (κ2) is 5.61. The van der Waals surface area contributed by atoms with E-state index in [1.807, 2.05) is 6.07 Å². The topological polar surface area (TPSA) is 64.9 Å². The third-order valence-corrected chi connectivity index (χ3v) is 2.41. The van der Waals surface area contributed by atoms with Crippen LogP contribution < -0.4 is 10.6 Å². The molecule has 0 bridgehead atoms. The van der Waals surface area contributed by atoms with Crippen LogP contribution in [-0.2, 0) is 4.79 Å². The first-order chi connectivity index (χ1) is 8.34. The molecule has 2 N–H and O–H groups in total. The van der Waals surface area contributed by atoms with Crippen molar-refractivity contribution in [1.82, 2.24) is 5.32 Å². The summed E-state index contributed by atoms with van der Waals surface area (Å²) in [6.45, 7) is 5.40. The van der Waals surface area contributed by atoms with E-state index in [0.717, 1.165) is 0 Å². The van der Waals surface area contributed by atoms with Gasteiger partial charge in [-0.15, -0.1) is 0 Å². The number of carbonyl (C=O) groups excluding carboxylic acids is 1. The summed E-state index contributed by atoms with van der Waals surface area (Å²) in [5.74, 6) is -0.172. The maximum atomic E-state index is 11.7. The zero-order valence-corrected chi connectivity index (χ0v) is 11.4. The maximum Gasteiger partial charge on any atom is 0.231 e. The van der Waals surface area contributed by atoms with Crippen LogP contribution in [0.25, 0.3) is 0 Å². The highest BCUT2D eigenvalue weighted by molar-refractivity contribution is 7.80. The summed E-state index contributed by atoms with van der Waals surface area (Å²) in [4.78, 5) is 11.7. The van der Waals surface area contributed by atoms with Crippen molar-refractivity contribution in [3.63, 3.8) is 0 Å². The van der Waals surface area contributed by atoms with Crippen LogP contribution in [0.3, 0.4) is 0 Å². The largest absolute Gasteiger partial charge is 0.331 e. The Labute approximate surface area is 112 Å². The highest BCUT2D eigenvalue weighted by Crippen LogP contribution is 2.15. The van der Waals surface area contributed by atoms with Crippen LogP contribution in [0.4, 0.5) is 5.69 Å². The van der Waals surface area contributed by atoms with E-state index in [2.05, 4.69) is 10.6 Å². The van der Waals surface area contributed by atoms with Crippen molar-refractivity contribution >= 4 is 28.9 Å². The van der Waals surface area contributed by atoms with Crippen LogP contribution in [0.1, 0.15) is 26.3 Å². The number of nitrogens with one attached hydrogen (secondary N) is 2. The van der Waals surface area contributed by atoms with E-state index in [9.17, 15) is 4.79 Å². The summed E-state index contributed by atoms with van der Waals surface area (Å²) in [7, 11) is 0. The Kier molecular flexibility index (Phi) is 4.40. The molecule has 0 unspecified atom stereocenters. The molecule has 1 aromatic carbocycles. The molecule has 0 fully saturated rings. The molecule has 0 aliphatic heterocycles. The molecular formula is C13H15N3OS. The van der Waals surface area contributed by atoms with Gasteiger partial charge in [-0.3, -0.25) is 4.79 Å². The highest BCUT2D eigenvalue weighted by atomic mass is 32.1. The number of hydrogen-bond acceptors (Lipinski definition) is 3. The fourth-order valence-electron chi connectivity index (χ4n) is 1.13. The lowest BCUT2D eigenvalue weighted by Gasteiger charge is -2.18. The van der Waals surface area contributed by atoms with Gasteiger partial charge in [0.1, 0.15) is 6.07 Å². The van der Waals surface area contributed by atoms with E-state index < -0.39 is 5.41 Å². The van der Waals surface area contributed by atoms with Crippen LogP contribution >= 0.6 is 12.2 Å². The Morgan fingerprint density at radius 1 is 1.33 bits per heavy atom. The van der Waals surface area contributed by atoms with Crippen LogP contribution in [0.2, 0.25) is 0 Å². The summed E-state index contributed by atoms with van der Waals surface area (Å²) in [5.41, 5.74) is 0.546. The second-order valence-corrected chi connectivity index (χ2v) is 5.22. The van der Waals surface area contributed by atoms with Crippen molar-refractivity contribution in [1.29, 1.82) is 5.26 Å². The monoisotopic (exact) mass is 261 g/mol. The van der Waals surface area contributed by atoms with Gasteiger partial charge in [-0.2, -0.15) is 5.26 Å². The molecule has 0 aliphatic rings. The molecule has 0 saturated heterocycles. The molecule has 94 valence electrons. The Morgan fingerprint density at radius 2 is 1.94 bits per heavy atom. The lowest BCUT2D eigenvalue weighted by atomic mass is 9.96. The molecule has 0 aromatic heterocycles. The molecular weight excluding hydrogens is 246 g/mol. The fraction of sp³-hybridized carbons (Fsp3) is 0.308. The van der Waals surface area contributed by atoms with Gasteiger partial charge in [0.15, 0.2) is 5.11 Å². The SMILES string of the molecule is CC(C)(C)C(=O)NC(=S)Nc1ccccc1C#N. The van der Waals surface area contributed by atoms with Gasteiger partial charge in [0.2, 0.25) is 5.91 Å². The molecule has 4 nitrogen and oxygen atoms in total. The molecule has 1 aromatic rings. The second-order valence-electron chi connectivity index (χ2n) is 4.82. The normalized spacial score (nSPS) is 10.3. The number of thiocarbonyl (C=S) groups is 1. The zero-order chi connectivity index (χ0) is 13.8. The standard InChI is InChI=1S/C13H15N3OS/c1-13(2,3)11(17)16-12(18)15-10-7-5-4-6-9(10)8-14/h4-7H,1-3H3,(H2,15,16,17,18). The van der Waals surface area contributed by atoms with Crippen molar-refractivity contribution in [2.75, 3.05) is 5.32 Å². The Balaban J connectivity index is 2.72.